The molecule has 19 heavy (non-hydrogen) atoms. The van der Waals surface area contributed by atoms with Gasteiger partial charge >= 0.3 is 17.9 Å². The summed E-state index contributed by atoms with van der Waals surface area (Å²) in [6, 6.07) is 0. The van der Waals surface area contributed by atoms with Crippen LogP contribution >= 0.6 is 0 Å². The molecule has 4 atom stereocenters. The summed E-state index contributed by atoms with van der Waals surface area (Å²) in [6.07, 6.45) is 5.92. The summed E-state index contributed by atoms with van der Waals surface area (Å²) in [7, 11) is 0. The summed E-state index contributed by atoms with van der Waals surface area (Å²) in [6.45, 7) is 5.21. The zero-order valence-corrected chi connectivity index (χ0v) is 10.7. The van der Waals surface area contributed by atoms with Crippen LogP contribution in [0.2, 0.25) is 0 Å². The summed E-state index contributed by atoms with van der Waals surface area (Å²) < 4.78 is 9.48. The van der Waals surface area contributed by atoms with Gasteiger partial charge in [-0.25, -0.2) is 0 Å². The molecule has 1 aliphatic heterocycles. The number of carbonyl (C=O) groups is 3. The van der Waals surface area contributed by atoms with Gasteiger partial charge in [0.05, 0.1) is 11.8 Å². The predicted octanol–water partition coefficient (Wildman–Crippen LogP) is 1.24. The van der Waals surface area contributed by atoms with Crippen molar-refractivity contribution in [2.75, 3.05) is 6.61 Å². The summed E-state index contributed by atoms with van der Waals surface area (Å²) in [4.78, 5) is 33.9. The smallest absolute Gasteiger partial charge is 0.318 e. The van der Waals surface area contributed by atoms with Gasteiger partial charge < -0.3 is 9.47 Å². The molecule has 1 aliphatic carbocycles. The third-order valence-electron chi connectivity index (χ3n) is 3.67. The largest absolute Gasteiger partial charge is 0.462 e. The number of allylic oxidation sites excluding steroid dienone is 2. The van der Waals surface area contributed by atoms with E-state index in [4.69, 9.17) is 9.47 Å². The molecule has 1 heterocycles. The molecule has 2 rings (SSSR count). The van der Waals surface area contributed by atoms with E-state index in [1.807, 2.05) is 6.08 Å². The van der Waals surface area contributed by atoms with Crippen molar-refractivity contribution in [2.24, 2.45) is 23.7 Å². The van der Waals surface area contributed by atoms with Crippen LogP contribution in [0.1, 0.15) is 13.3 Å². The Balaban J connectivity index is 2.05. The van der Waals surface area contributed by atoms with Crippen LogP contribution in [0.5, 0.6) is 0 Å². The maximum absolute atomic E-state index is 11.7. The molecule has 2 fully saturated rings. The fraction of sp³-hybridized carbons (Fsp3) is 0.500. The van der Waals surface area contributed by atoms with Crippen LogP contribution in [0.4, 0.5) is 0 Å². The van der Waals surface area contributed by atoms with E-state index in [1.54, 1.807) is 12.2 Å². The van der Waals surface area contributed by atoms with Crippen LogP contribution in [-0.4, -0.2) is 24.5 Å². The molecule has 0 bridgehead atoms. The Kier molecular flexibility index (Phi) is 3.83. The summed E-state index contributed by atoms with van der Waals surface area (Å²) in [5.41, 5.74) is 0. The molecule has 1 saturated heterocycles. The molecule has 5 heteroatoms. The Morgan fingerprint density at radius 2 is 2.00 bits per heavy atom. The number of fused-ring (bicyclic) bond motifs is 1. The van der Waals surface area contributed by atoms with E-state index >= 15 is 0 Å². The van der Waals surface area contributed by atoms with Crippen molar-refractivity contribution in [1.29, 1.82) is 0 Å². The molecule has 0 radical (unpaired) electrons. The van der Waals surface area contributed by atoms with Crippen LogP contribution in [0.15, 0.2) is 24.8 Å². The average Bonchev–Trinajstić information content (AvgIpc) is 2.85. The van der Waals surface area contributed by atoms with Crippen LogP contribution in [0, 0.1) is 23.7 Å². The maximum atomic E-state index is 11.7. The third kappa shape index (κ3) is 2.59. The molecule has 102 valence electrons. The average molecular weight is 264 g/mol. The number of ether oxygens (including phenoxy) is 2. The van der Waals surface area contributed by atoms with Crippen molar-refractivity contribution in [3.8, 4) is 0 Å². The van der Waals surface area contributed by atoms with E-state index in [-0.39, 0.29) is 24.4 Å². The summed E-state index contributed by atoms with van der Waals surface area (Å²) >= 11 is 0. The Labute approximate surface area is 111 Å². The van der Waals surface area contributed by atoms with Crippen LogP contribution in [0.3, 0.4) is 0 Å². The van der Waals surface area contributed by atoms with Crippen LogP contribution in [-0.2, 0) is 23.9 Å². The van der Waals surface area contributed by atoms with Gasteiger partial charge in [-0.1, -0.05) is 18.2 Å². The second-order valence-corrected chi connectivity index (χ2v) is 4.82. The van der Waals surface area contributed by atoms with Gasteiger partial charge in [-0.15, -0.1) is 6.58 Å². The Hall–Kier alpha value is -1.91. The molecule has 5 nitrogen and oxygen atoms in total. The van der Waals surface area contributed by atoms with E-state index in [1.165, 1.54) is 6.92 Å². The molecule has 0 aromatic carbocycles. The summed E-state index contributed by atoms with van der Waals surface area (Å²) in [5, 5.41) is 0. The Morgan fingerprint density at radius 1 is 1.37 bits per heavy atom. The first-order valence-electron chi connectivity index (χ1n) is 6.22. The van der Waals surface area contributed by atoms with Crippen molar-refractivity contribution in [2.45, 2.75) is 13.3 Å². The molecule has 0 N–H and O–H groups in total. The fourth-order valence-corrected chi connectivity index (χ4v) is 2.86. The SMILES string of the molecule is C=C[C@H]1C[C@@H](/C=C\COC(C)=O)[C@H]2C(=O)OC(=O)[C@H]21. The molecule has 0 spiro atoms. The molecule has 0 aromatic rings. The lowest BCUT2D eigenvalue weighted by Gasteiger charge is -2.08. The molecular formula is C14H16O5. The lowest BCUT2D eigenvalue weighted by atomic mass is 9.89. The highest BCUT2D eigenvalue weighted by atomic mass is 16.6. The number of carbonyl (C=O) groups excluding carboxylic acids is 3. The van der Waals surface area contributed by atoms with E-state index in [0.717, 1.165) is 0 Å². The number of hydrogen-bond donors (Lipinski definition) is 0. The van der Waals surface area contributed by atoms with Gasteiger partial charge in [0.1, 0.15) is 6.61 Å². The van der Waals surface area contributed by atoms with Crippen molar-refractivity contribution in [3.63, 3.8) is 0 Å². The number of esters is 3. The van der Waals surface area contributed by atoms with E-state index < -0.39 is 23.8 Å². The van der Waals surface area contributed by atoms with Crippen molar-refractivity contribution >= 4 is 17.9 Å². The van der Waals surface area contributed by atoms with Crippen LogP contribution in [0.25, 0.3) is 0 Å². The lowest BCUT2D eigenvalue weighted by Crippen LogP contribution is -2.19. The highest BCUT2D eigenvalue weighted by molar-refractivity contribution is 5.97. The first-order chi connectivity index (χ1) is 9.04. The monoisotopic (exact) mass is 264 g/mol. The van der Waals surface area contributed by atoms with E-state index in [2.05, 4.69) is 6.58 Å². The van der Waals surface area contributed by atoms with Crippen molar-refractivity contribution in [1.82, 2.24) is 0 Å². The molecule has 0 amide bonds. The van der Waals surface area contributed by atoms with Crippen molar-refractivity contribution in [3.05, 3.63) is 24.8 Å². The molecule has 1 saturated carbocycles. The lowest BCUT2D eigenvalue weighted by molar-refractivity contribution is -0.154. The second-order valence-electron chi connectivity index (χ2n) is 4.82. The zero-order valence-electron chi connectivity index (χ0n) is 10.7. The maximum Gasteiger partial charge on any atom is 0.318 e. The Morgan fingerprint density at radius 3 is 2.58 bits per heavy atom. The molecular weight excluding hydrogens is 248 g/mol. The normalized spacial score (nSPS) is 33.3. The first-order valence-corrected chi connectivity index (χ1v) is 6.22. The van der Waals surface area contributed by atoms with Gasteiger partial charge in [-0.05, 0) is 18.3 Å². The fourth-order valence-electron chi connectivity index (χ4n) is 2.86. The highest BCUT2D eigenvalue weighted by Crippen LogP contribution is 2.47. The molecule has 0 unspecified atom stereocenters. The molecule has 2 aliphatic rings. The standard InChI is InChI=1S/C14H16O5/c1-3-9-7-10(5-4-6-18-8(2)15)12-11(9)13(16)19-14(12)17/h3-5,9-12H,1,6-7H2,2H3/b5-4-/t9-,10+,11-,12+/m0/s1. The first kappa shape index (κ1) is 13.5. The van der Waals surface area contributed by atoms with Gasteiger partial charge in [0.15, 0.2) is 0 Å². The minimum Gasteiger partial charge on any atom is -0.462 e. The highest BCUT2D eigenvalue weighted by Gasteiger charge is 2.55. The quantitative estimate of drug-likeness (QED) is 0.434. The predicted molar refractivity (Wildman–Crippen MR) is 65.6 cm³/mol. The Bertz CT molecular complexity index is 451. The van der Waals surface area contributed by atoms with Crippen molar-refractivity contribution < 1.29 is 23.9 Å². The summed E-state index contributed by atoms with van der Waals surface area (Å²) in [5.74, 6) is -2.20. The number of rotatable bonds is 4. The third-order valence-corrected chi connectivity index (χ3v) is 3.67. The van der Waals surface area contributed by atoms with Gasteiger partial charge in [-0.3, -0.25) is 14.4 Å². The van der Waals surface area contributed by atoms with E-state index in [9.17, 15) is 14.4 Å². The topological polar surface area (TPSA) is 69.7 Å². The number of hydrogen-bond acceptors (Lipinski definition) is 5. The van der Waals surface area contributed by atoms with Gasteiger partial charge in [0.2, 0.25) is 0 Å². The van der Waals surface area contributed by atoms with Crippen LogP contribution < -0.4 is 0 Å². The van der Waals surface area contributed by atoms with Gasteiger partial charge in [0.25, 0.3) is 0 Å². The zero-order chi connectivity index (χ0) is 14.0. The van der Waals surface area contributed by atoms with E-state index in [0.29, 0.717) is 6.42 Å². The molecule has 0 aromatic heterocycles. The minimum absolute atomic E-state index is 0.0349. The number of cyclic esters (lactones) is 2. The van der Waals surface area contributed by atoms with Gasteiger partial charge in [0, 0.05) is 6.92 Å². The second kappa shape index (κ2) is 5.38. The van der Waals surface area contributed by atoms with Gasteiger partial charge in [-0.2, -0.15) is 0 Å². The minimum atomic E-state index is -0.457.